The van der Waals surface area contributed by atoms with Gasteiger partial charge < -0.3 is 19.4 Å². The van der Waals surface area contributed by atoms with Crippen molar-refractivity contribution in [3.8, 4) is 11.3 Å². The monoisotopic (exact) mass is 374 g/mol. The number of nitrogens with one attached hydrogen (secondary N) is 1. The van der Waals surface area contributed by atoms with Crippen LogP contribution >= 0.6 is 11.6 Å². The molecule has 0 unspecified atom stereocenters. The van der Waals surface area contributed by atoms with Crippen molar-refractivity contribution in [3.05, 3.63) is 57.9 Å². The third-order valence-corrected chi connectivity index (χ3v) is 4.93. The highest BCUT2D eigenvalue weighted by atomic mass is 35.5. The summed E-state index contributed by atoms with van der Waals surface area (Å²) in [5.74, 6) is 0.519. The molecule has 1 atom stereocenters. The van der Waals surface area contributed by atoms with E-state index >= 15 is 0 Å². The lowest BCUT2D eigenvalue weighted by atomic mass is 10.0. The molecule has 3 rings (SSSR count). The number of hydrogen-bond acceptors (Lipinski definition) is 4. The number of nitrogens with zero attached hydrogens (tertiary/aromatic N) is 1. The molecule has 0 saturated carbocycles. The molecule has 26 heavy (non-hydrogen) atoms. The van der Waals surface area contributed by atoms with Crippen molar-refractivity contribution in [1.82, 2.24) is 10.2 Å². The zero-order chi connectivity index (χ0) is 19.0. The molecule has 0 bridgehead atoms. The van der Waals surface area contributed by atoms with Gasteiger partial charge in [0.1, 0.15) is 17.6 Å². The van der Waals surface area contributed by atoms with Crippen molar-refractivity contribution >= 4 is 23.6 Å². The van der Waals surface area contributed by atoms with Crippen LogP contribution in [0.15, 0.2) is 46.0 Å². The van der Waals surface area contributed by atoms with Crippen molar-refractivity contribution < 1.29 is 18.7 Å². The van der Waals surface area contributed by atoms with Crippen molar-refractivity contribution in [3.63, 3.8) is 0 Å². The molecule has 1 aromatic carbocycles. The van der Waals surface area contributed by atoms with Crippen LogP contribution in [0.25, 0.3) is 11.3 Å². The average Bonchev–Trinajstić information content (AvgIpc) is 3.11. The summed E-state index contributed by atoms with van der Waals surface area (Å²) in [5.41, 5.74) is 2.63. The summed E-state index contributed by atoms with van der Waals surface area (Å²) < 4.78 is 10.8. The number of furan rings is 1. The highest BCUT2D eigenvalue weighted by Gasteiger charge is 2.36. The number of benzene rings is 1. The van der Waals surface area contributed by atoms with Crippen molar-refractivity contribution in [2.45, 2.75) is 19.9 Å². The van der Waals surface area contributed by atoms with E-state index < -0.39 is 12.0 Å². The van der Waals surface area contributed by atoms with E-state index in [1.165, 1.54) is 12.0 Å². The first-order valence-electron chi connectivity index (χ1n) is 8.03. The summed E-state index contributed by atoms with van der Waals surface area (Å²) in [6, 6.07) is 8.09. The van der Waals surface area contributed by atoms with Gasteiger partial charge in [0.25, 0.3) is 0 Å². The lowest BCUT2D eigenvalue weighted by Gasteiger charge is -2.31. The molecule has 2 aromatic rings. The summed E-state index contributed by atoms with van der Waals surface area (Å²) in [6.07, 6.45) is 0. The number of allylic oxidation sites excluding steroid dienone is 1. The predicted octanol–water partition coefficient (Wildman–Crippen LogP) is 4.05. The topological polar surface area (TPSA) is 71.8 Å². The van der Waals surface area contributed by atoms with Gasteiger partial charge in [-0.2, -0.15) is 0 Å². The third kappa shape index (κ3) is 3.08. The van der Waals surface area contributed by atoms with Crippen molar-refractivity contribution in [2.24, 2.45) is 0 Å². The molecule has 6 nitrogen and oxygen atoms in total. The molecule has 2 amide bonds. The third-order valence-electron chi connectivity index (χ3n) is 4.53. The van der Waals surface area contributed by atoms with E-state index in [9.17, 15) is 9.59 Å². The molecule has 0 saturated heterocycles. The van der Waals surface area contributed by atoms with E-state index in [4.69, 9.17) is 20.8 Å². The Hall–Kier alpha value is -2.73. The van der Waals surface area contributed by atoms with Gasteiger partial charge in [0.05, 0.1) is 12.7 Å². The number of carbonyl (C=O) groups excluding carboxylic acids is 2. The van der Waals surface area contributed by atoms with Crippen LogP contribution in [-0.4, -0.2) is 31.1 Å². The molecule has 0 radical (unpaired) electrons. The molecular formula is C19H19ClN2O4. The second-order valence-electron chi connectivity index (χ2n) is 6.10. The van der Waals surface area contributed by atoms with Crippen LogP contribution in [0.3, 0.4) is 0 Å². The number of rotatable bonds is 3. The normalized spacial score (nSPS) is 17.3. The molecule has 1 aromatic heterocycles. The molecule has 0 aliphatic carbocycles. The van der Waals surface area contributed by atoms with Gasteiger partial charge in [0, 0.05) is 23.3 Å². The molecule has 2 heterocycles. The van der Waals surface area contributed by atoms with Gasteiger partial charge in [0.15, 0.2) is 0 Å². The number of urea groups is 1. The Morgan fingerprint density at radius 3 is 2.65 bits per heavy atom. The molecular weight excluding hydrogens is 356 g/mol. The van der Waals surface area contributed by atoms with E-state index in [-0.39, 0.29) is 6.03 Å². The zero-order valence-corrected chi connectivity index (χ0v) is 15.7. The fourth-order valence-electron chi connectivity index (χ4n) is 2.83. The summed E-state index contributed by atoms with van der Waals surface area (Å²) in [7, 11) is 2.89. The standard InChI is InChI=1S/C19H19ClN2O4/c1-10-5-6-12(9-13(10)20)14-7-8-15(26-14)17-16(18(23)25-4)11(2)22(3)19(24)21-17/h5-9,17H,1-4H3,(H,21,24)/t17-/m1/s1. The fraction of sp³-hybridized carbons (Fsp3) is 0.263. The highest BCUT2D eigenvalue weighted by molar-refractivity contribution is 6.31. The van der Waals surface area contributed by atoms with Crippen LogP contribution in [0.5, 0.6) is 0 Å². The first kappa shape index (κ1) is 18.1. The molecule has 7 heteroatoms. The summed E-state index contributed by atoms with van der Waals surface area (Å²) >= 11 is 6.18. The van der Waals surface area contributed by atoms with Gasteiger partial charge >= 0.3 is 12.0 Å². The van der Waals surface area contributed by atoms with Crippen LogP contribution in [0.1, 0.15) is 24.3 Å². The van der Waals surface area contributed by atoms with Gasteiger partial charge in [-0.15, -0.1) is 0 Å². The number of aryl methyl sites for hydroxylation is 1. The maximum absolute atomic E-state index is 12.3. The Morgan fingerprint density at radius 2 is 2.00 bits per heavy atom. The van der Waals surface area contributed by atoms with Gasteiger partial charge in [-0.05, 0) is 37.6 Å². The lowest BCUT2D eigenvalue weighted by molar-refractivity contribution is -0.136. The smallest absolute Gasteiger partial charge is 0.338 e. The quantitative estimate of drug-likeness (QED) is 0.822. The highest BCUT2D eigenvalue weighted by Crippen LogP contribution is 2.34. The molecule has 0 fully saturated rings. The molecule has 1 N–H and O–H groups in total. The van der Waals surface area contributed by atoms with Gasteiger partial charge in [-0.25, -0.2) is 9.59 Å². The first-order valence-corrected chi connectivity index (χ1v) is 8.40. The minimum absolute atomic E-state index is 0.323. The van der Waals surface area contributed by atoms with Crippen molar-refractivity contribution in [1.29, 1.82) is 0 Å². The lowest BCUT2D eigenvalue weighted by Crippen LogP contribution is -2.46. The molecule has 1 aliphatic rings. The Bertz CT molecular complexity index is 916. The van der Waals surface area contributed by atoms with Crippen molar-refractivity contribution in [2.75, 3.05) is 14.2 Å². The number of ether oxygens (including phenoxy) is 1. The van der Waals surface area contributed by atoms with Crippen LogP contribution in [0.4, 0.5) is 4.79 Å². The number of methoxy groups -OCH3 is 1. The number of esters is 1. The molecule has 136 valence electrons. The number of halogens is 1. The fourth-order valence-corrected chi connectivity index (χ4v) is 3.01. The first-order chi connectivity index (χ1) is 12.3. The molecule has 0 spiro atoms. The summed E-state index contributed by atoms with van der Waals surface area (Å²) in [4.78, 5) is 25.8. The van der Waals surface area contributed by atoms with Crippen LogP contribution < -0.4 is 5.32 Å². The Balaban J connectivity index is 2.02. The minimum atomic E-state index is -0.721. The van der Waals surface area contributed by atoms with E-state index in [0.717, 1.165) is 11.1 Å². The van der Waals surface area contributed by atoms with E-state index in [1.807, 2.05) is 25.1 Å². The maximum atomic E-state index is 12.3. The SMILES string of the molecule is COC(=O)C1=C(C)N(C)C(=O)N[C@@H]1c1ccc(-c2ccc(C)c(Cl)c2)o1. The number of amides is 2. The van der Waals surface area contributed by atoms with Crippen LogP contribution in [-0.2, 0) is 9.53 Å². The van der Waals surface area contributed by atoms with Gasteiger partial charge in [-0.1, -0.05) is 23.7 Å². The number of hydrogen-bond donors (Lipinski definition) is 1. The Labute approximate surface area is 156 Å². The summed E-state index contributed by atoms with van der Waals surface area (Å²) in [5, 5.41) is 3.41. The van der Waals surface area contributed by atoms with E-state index in [1.54, 1.807) is 26.1 Å². The second kappa shape index (κ2) is 6.88. The van der Waals surface area contributed by atoms with Crippen LogP contribution in [0, 0.1) is 6.92 Å². The summed E-state index contributed by atoms with van der Waals surface area (Å²) in [6.45, 7) is 3.62. The molecule has 1 aliphatic heterocycles. The van der Waals surface area contributed by atoms with E-state index in [2.05, 4.69) is 5.32 Å². The largest absolute Gasteiger partial charge is 0.466 e. The maximum Gasteiger partial charge on any atom is 0.338 e. The van der Waals surface area contributed by atoms with Crippen LogP contribution in [0.2, 0.25) is 5.02 Å². The van der Waals surface area contributed by atoms with Gasteiger partial charge in [-0.3, -0.25) is 0 Å². The predicted molar refractivity (Wildman–Crippen MR) is 97.6 cm³/mol. The second-order valence-corrected chi connectivity index (χ2v) is 6.51. The minimum Gasteiger partial charge on any atom is -0.466 e. The van der Waals surface area contributed by atoms with Gasteiger partial charge in [0.2, 0.25) is 0 Å². The Morgan fingerprint density at radius 1 is 1.27 bits per heavy atom. The Kier molecular flexibility index (Phi) is 4.78. The zero-order valence-electron chi connectivity index (χ0n) is 14.9. The number of carbonyl (C=O) groups is 2. The average molecular weight is 375 g/mol. The van der Waals surface area contributed by atoms with E-state index in [0.29, 0.717) is 27.8 Å².